The lowest BCUT2D eigenvalue weighted by atomic mass is 9.94. The summed E-state index contributed by atoms with van der Waals surface area (Å²) in [5.41, 5.74) is 0.906. The average molecular weight is 378 g/mol. The fourth-order valence-electron chi connectivity index (χ4n) is 2.48. The molecule has 0 aromatic heterocycles. The number of methoxy groups -OCH3 is 2. The van der Waals surface area contributed by atoms with Crippen LogP contribution in [0.1, 0.15) is 38.0 Å². The molecule has 5 nitrogen and oxygen atoms in total. The second-order valence-electron chi connectivity index (χ2n) is 6.92. The third-order valence-electron chi connectivity index (χ3n) is 3.97. The van der Waals surface area contributed by atoms with Crippen molar-refractivity contribution in [3.63, 3.8) is 0 Å². The summed E-state index contributed by atoms with van der Waals surface area (Å²) in [6.07, 6.45) is -1.06. The van der Waals surface area contributed by atoms with Gasteiger partial charge in [-0.15, -0.1) is 0 Å². The Morgan fingerprint density at radius 1 is 1.12 bits per heavy atom. The van der Waals surface area contributed by atoms with E-state index in [2.05, 4.69) is 5.32 Å². The SMILES string of the molecule is COc1cccc([C@@H](O)c2cc(Cl)ccc2NC(=O)C(C)(C)C)c1OC. The number of hydrogen-bond donors (Lipinski definition) is 2. The molecule has 2 aromatic carbocycles. The van der Waals surface area contributed by atoms with Gasteiger partial charge in [-0.1, -0.05) is 44.5 Å². The topological polar surface area (TPSA) is 67.8 Å². The van der Waals surface area contributed by atoms with Gasteiger partial charge in [-0.2, -0.15) is 0 Å². The third-order valence-corrected chi connectivity index (χ3v) is 4.20. The Morgan fingerprint density at radius 3 is 2.38 bits per heavy atom. The zero-order chi connectivity index (χ0) is 19.5. The van der Waals surface area contributed by atoms with Crippen molar-refractivity contribution in [2.75, 3.05) is 19.5 Å². The van der Waals surface area contributed by atoms with Crippen LogP contribution in [0.4, 0.5) is 5.69 Å². The van der Waals surface area contributed by atoms with Gasteiger partial charge in [0.15, 0.2) is 11.5 Å². The van der Waals surface area contributed by atoms with Crippen LogP contribution in [0.3, 0.4) is 0 Å². The summed E-state index contributed by atoms with van der Waals surface area (Å²) < 4.78 is 10.7. The number of hydrogen-bond acceptors (Lipinski definition) is 4. The standard InChI is InChI=1S/C20H24ClNO4/c1-20(2,3)19(24)22-15-10-9-12(21)11-14(15)17(23)13-7-6-8-16(25-4)18(13)26-5/h6-11,17,23H,1-5H3,(H,22,24)/t17-/m1/s1. The highest BCUT2D eigenvalue weighted by Gasteiger charge is 2.25. The number of anilines is 1. The first-order valence-electron chi connectivity index (χ1n) is 8.19. The van der Waals surface area contributed by atoms with E-state index in [0.29, 0.717) is 33.3 Å². The fraction of sp³-hybridized carbons (Fsp3) is 0.350. The normalized spacial score (nSPS) is 12.4. The van der Waals surface area contributed by atoms with Crippen molar-refractivity contribution in [1.82, 2.24) is 0 Å². The van der Waals surface area contributed by atoms with Crippen molar-refractivity contribution < 1.29 is 19.4 Å². The number of halogens is 1. The Hall–Kier alpha value is -2.24. The van der Waals surface area contributed by atoms with Gasteiger partial charge in [0.05, 0.1) is 14.2 Å². The van der Waals surface area contributed by atoms with Crippen molar-refractivity contribution in [2.45, 2.75) is 26.9 Å². The van der Waals surface area contributed by atoms with Crippen LogP contribution in [0.15, 0.2) is 36.4 Å². The van der Waals surface area contributed by atoms with Crippen molar-refractivity contribution in [3.05, 3.63) is 52.5 Å². The van der Waals surface area contributed by atoms with Crippen LogP contribution in [0.2, 0.25) is 5.02 Å². The maximum Gasteiger partial charge on any atom is 0.229 e. The first-order chi connectivity index (χ1) is 12.2. The Labute approximate surface area is 158 Å². The van der Waals surface area contributed by atoms with E-state index in [4.69, 9.17) is 21.1 Å². The Balaban J connectivity index is 2.51. The summed E-state index contributed by atoms with van der Waals surface area (Å²) in [7, 11) is 3.04. The molecular weight excluding hydrogens is 354 g/mol. The second kappa shape index (κ2) is 7.98. The molecule has 0 saturated heterocycles. The van der Waals surface area contributed by atoms with Gasteiger partial charge in [0.2, 0.25) is 5.91 Å². The monoisotopic (exact) mass is 377 g/mol. The Kier molecular flexibility index (Phi) is 6.16. The summed E-state index contributed by atoms with van der Waals surface area (Å²) in [5.74, 6) is 0.771. The summed E-state index contributed by atoms with van der Waals surface area (Å²) >= 11 is 6.13. The Morgan fingerprint density at radius 2 is 1.81 bits per heavy atom. The van der Waals surface area contributed by atoms with Gasteiger partial charge in [0, 0.05) is 27.3 Å². The lowest BCUT2D eigenvalue weighted by Crippen LogP contribution is -2.28. The molecule has 0 aliphatic carbocycles. The molecule has 0 aliphatic heterocycles. The first kappa shape index (κ1) is 20.1. The molecule has 2 N–H and O–H groups in total. The van der Waals surface area contributed by atoms with Gasteiger partial charge in [-0.05, 0) is 24.3 Å². The summed E-state index contributed by atoms with van der Waals surface area (Å²) in [4.78, 5) is 12.4. The van der Waals surface area contributed by atoms with E-state index in [9.17, 15) is 9.90 Å². The summed E-state index contributed by atoms with van der Waals surface area (Å²) in [6.45, 7) is 5.46. The molecule has 140 valence electrons. The van der Waals surface area contributed by atoms with Crippen LogP contribution in [0.25, 0.3) is 0 Å². The van der Waals surface area contributed by atoms with Crippen LogP contribution in [-0.4, -0.2) is 25.2 Å². The van der Waals surface area contributed by atoms with Gasteiger partial charge in [0.1, 0.15) is 6.10 Å². The molecule has 0 spiro atoms. The van der Waals surface area contributed by atoms with Gasteiger partial charge >= 0.3 is 0 Å². The number of amides is 1. The number of ether oxygens (including phenoxy) is 2. The number of nitrogens with one attached hydrogen (secondary N) is 1. The van der Waals surface area contributed by atoms with Crippen molar-refractivity contribution in [2.24, 2.45) is 5.41 Å². The first-order valence-corrected chi connectivity index (χ1v) is 8.56. The zero-order valence-corrected chi connectivity index (χ0v) is 16.3. The van der Waals surface area contributed by atoms with Crippen LogP contribution >= 0.6 is 11.6 Å². The predicted molar refractivity (Wildman–Crippen MR) is 103 cm³/mol. The van der Waals surface area contributed by atoms with Crippen molar-refractivity contribution >= 4 is 23.2 Å². The number of para-hydroxylation sites is 1. The fourth-order valence-corrected chi connectivity index (χ4v) is 2.66. The molecule has 2 rings (SSSR count). The number of benzene rings is 2. The maximum atomic E-state index is 12.4. The highest BCUT2D eigenvalue weighted by Crippen LogP contribution is 2.39. The van der Waals surface area contributed by atoms with Crippen molar-refractivity contribution in [3.8, 4) is 11.5 Å². The summed E-state index contributed by atoms with van der Waals surface area (Å²) in [6, 6.07) is 10.2. The lowest BCUT2D eigenvalue weighted by Gasteiger charge is -2.23. The van der Waals surface area contributed by atoms with E-state index in [1.807, 2.05) is 20.8 Å². The number of rotatable bonds is 5. The molecule has 0 radical (unpaired) electrons. The number of carbonyl (C=O) groups is 1. The molecular formula is C20H24ClNO4. The molecule has 1 atom stereocenters. The molecule has 2 aromatic rings. The van der Waals surface area contributed by atoms with Crippen LogP contribution in [0.5, 0.6) is 11.5 Å². The number of carbonyl (C=O) groups excluding carboxylic acids is 1. The molecule has 1 amide bonds. The van der Waals surface area contributed by atoms with Crippen LogP contribution in [0, 0.1) is 5.41 Å². The Bertz CT molecular complexity index is 799. The molecule has 0 fully saturated rings. The third kappa shape index (κ3) is 4.29. The van der Waals surface area contributed by atoms with E-state index in [1.165, 1.54) is 14.2 Å². The largest absolute Gasteiger partial charge is 0.493 e. The molecule has 0 unspecified atom stereocenters. The minimum Gasteiger partial charge on any atom is -0.493 e. The van der Waals surface area contributed by atoms with E-state index in [0.717, 1.165) is 0 Å². The van der Waals surface area contributed by atoms with Crippen LogP contribution < -0.4 is 14.8 Å². The lowest BCUT2D eigenvalue weighted by molar-refractivity contribution is -0.123. The van der Waals surface area contributed by atoms with E-state index >= 15 is 0 Å². The number of aliphatic hydroxyl groups is 1. The van der Waals surface area contributed by atoms with E-state index in [1.54, 1.807) is 36.4 Å². The maximum absolute atomic E-state index is 12.4. The molecule has 6 heteroatoms. The van der Waals surface area contributed by atoms with Gasteiger partial charge in [-0.3, -0.25) is 4.79 Å². The molecule has 26 heavy (non-hydrogen) atoms. The second-order valence-corrected chi connectivity index (χ2v) is 7.36. The van der Waals surface area contributed by atoms with E-state index < -0.39 is 11.5 Å². The van der Waals surface area contributed by atoms with Crippen molar-refractivity contribution in [1.29, 1.82) is 0 Å². The number of aliphatic hydroxyl groups excluding tert-OH is 1. The summed E-state index contributed by atoms with van der Waals surface area (Å²) in [5, 5.41) is 14.3. The smallest absolute Gasteiger partial charge is 0.229 e. The molecule has 0 aliphatic rings. The minimum atomic E-state index is -1.06. The average Bonchev–Trinajstić information content (AvgIpc) is 2.60. The molecule has 0 heterocycles. The van der Waals surface area contributed by atoms with Gasteiger partial charge in [-0.25, -0.2) is 0 Å². The van der Waals surface area contributed by atoms with Crippen LogP contribution in [-0.2, 0) is 4.79 Å². The predicted octanol–water partition coefficient (Wildman–Crippen LogP) is 4.42. The zero-order valence-electron chi connectivity index (χ0n) is 15.6. The highest BCUT2D eigenvalue weighted by atomic mass is 35.5. The van der Waals surface area contributed by atoms with Gasteiger partial charge in [0.25, 0.3) is 0 Å². The molecule has 0 saturated carbocycles. The van der Waals surface area contributed by atoms with Gasteiger partial charge < -0.3 is 19.9 Å². The quantitative estimate of drug-likeness (QED) is 0.809. The molecule has 0 bridgehead atoms. The minimum absolute atomic E-state index is 0.161. The highest BCUT2D eigenvalue weighted by molar-refractivity contribution is 6.30. The van der Waals surface area contributed by atoms with E-state index in [-0.39, 0.29) is 5.91 Å².